The molecule has 1 atom stereocenters. The van der Waals surface area contributed by atoms with Crippen LogP contribution in [0.15, 0.2) is 18.2 Å². The number of benzene rings is 1. The maximum absolute atomic E-state index is 13.5. The van der Waals surface area contributed by atoms with Gasteiger partial charge in [-0.3, -0.25) is 9.59 Å². The maximum atomic E-state index is 13.5. The molecular weight excluding hydrogens is 277 g/mol. The van der Waals surface area contributed by atoms with Gasteiger partial charge in [-0.15, -0.1) is 0 Å². The van der Waals surface area contributed by atoms with Crippen molar-refractivity contribution in [1.82, 2.24) is 0 Å². The molecule has 2 N–H and O–H groups in total. The highest BCUT2D eigenvalue weighted by atomic mass is 19.1. The van der Waals surface area contributed by atoms with Crippen LogP contribution in [-0.2, 0) is 9.53 Å². The number of halogens is 1. The van der Waals surface area contributed by atoms with Gasteiger partial charge in [0.05, 0.1) is 7.11 Å². The van der Waals surface area contributed by atoms with E-state index in [4.69, 9.17) is 15.2 Å². The van der Waals surface area contributed by atoms with Crippen molar-refractivity contribution in [3.05, 3.63) is 29.6 Å². The average Bonchev–Trinajstić information content (AvgIpc) is 2.36. The van der Waals surface area contributed by atoms with E-state index in [9.17, 15) is 14.0 Å². The van der Waals surface area contributed by atoms with Crippen molar-refractivity contribution in [3.63, 3.8) is 0 Å². The number of nitrogens with two attached hydrogens (primary N) is 1. The molecule has 0 fully saturated rings. The number of carbonyl (C=O) groups is 2. The molecule has 6 heteroatoms. The van der Waals surface area contributed by atoms with Gasteiger partial charge in [-0.05, 0) is 39.0 Å². The van der Waals surface area contributed by atoms with Gasteiger partial charge in [0.1, 0.15) is 11.6 Å². The molecule has 1 aromatic rings. The Balaban J connectivity index is 2.72. The fourth-order valence-electron chi connectivity index (χ4n) is 1.62. The van der Waals surface area contributed by atoms with Gasteiger partial charge in [-0.25, -0.2) is 4.39 Å². The molecule has 0 aliphatic rings. The Labute approximate surface area is 123 Å². The van der Waals surface area contributed by atoms with Gasteiger partial charge in [-0.1, -0.05) is 0 Å². The predicted octanol–water partition coefficient (Wildman–Crippen LogP) is 2.08. The quantitative estimate of drug-likeness (QED) is 0.665. The number of hydrogen-bond donors (Lipinski definition) is 1. The molecule has 1 unspecified atom stereocenters. The third-order valence-corrected chi connectivity index (χ3v) is 2.59. The molecule has 21 heavy (non-hydrogen) atoms. The summed E-state index contributed by atoms with van der Waals surface area (Å²) < 4.78 is 23.4. The zero-order chi connectivity index (χ0) is 16.2. The van der Waals surface area contributed by atoms with Gasteiger partial charge in [0.15, 0.2) is 17.3 Å². The second-order valence-corrected chi connectivity index (χ2v) is 5.62. The first-order chi connectivity index (χ1) is 9.64. The van der Waals surface area contributed by atoms with Crippen LogP contribution in [0.1, 0.15) is 37.6 Å². The highest BCUT2D eigenvalue weighted by Crippen LogP contribution is 2.19. The van der Waals surface area contributed by atoms with Crippen molar-refractivity contribution in [2.24, 2.45) is 5.73 Å². The molecule has 1 rings (SSSR count). The molecule has 0 radical (unpaired) electrons. The summed E-state index contributed by atoms with van der Waals surface area (Å²) in [4.78, 5) is 23.7. The third kappa shape index (κ3) is 5.15. The summed E-state index contributed by atoms with van der Waals surface area (Å²) in [5.41, 5.74) is 5.10. The molecule has 0 amide bonds. The van der Waals surface area contributed by atoms with E-state index in [-0.39, 0.29) is 17.7 Å². The average molecular weight is 297 g/mol. The van der Waals surface area contributed by atoms with E-state index >= 15 is 0 Å². The van der Waals surface area contributed by atoms with Crippen LogP contribution >= 0.6 is 0 Å². The fraction of sp³-hybridized carbons (Fsp3) is 0.467. The summed E-state index contributed by atoms with van der Waals surface area (Å²) in [6, 6.07) is 2.75. The number of methoxy groups -OCH3 is 1. The van der Waals surface area contributed by atoms with Crippen LogP contribution in [-0.4, -0.2) is 30.5 Å². The first-order valence-electron chi connectivity index (χ1n) is 6.49. The summed E-state index contributed by atoms with van der Waals surface area (Å²) in [6.45, 7) is 5.12. The van der Waals surface area contributed by atoms with E-state index in [0.717, 1.165) is 6.07 Å². The van der Waals surface area contributed by atoms with Crippen LogP contribution in [0.5, 0.6) is 5.75 Å². The Kier molecular flexibility index (Phi) is 5.43. The summed E-state index contributed by atoms with van der Waals surface area (Å²) >= 11 is 0. The molecule has 0 aromatic heterocycles. The van der Waals surface area contributed by atoms with Gasteiger partial charge in [0.25, 0.3) is 0 Å². The number of hydrogen-bond acceptors (Lipinski definition) is 5. The molecule has 0 saturated carbocycles. The van der Waals surface area contributed by atoms with E-state index in [1.807, 2.05) is 0 Å². The molecule has 0 aliphatic carbocycles. The lowest BCUT2D eigenvalue weighted by Crippen LogP contribution is -2.38. The second kappa shape index (κ2) is 6.67. The molecule has 0 spiro atoms. The van der Waals surface area contributed by atoms with Gasteiger partial charge >= 0.3 is 5.97 Å². The van der Waals surface area contributed by atoms with Gasteiger partial charge in [0, 0.05) is 12.0 Å². The molecule has 0 bridgehead atoms. The van der Waals surface area contributed by atoms with E-state index in [0.29, 0.717) is 0 Å². The van der Waals surface area contributed by atoms with E-state index < -0.39 is 29.2 Å². The first kappa shape index (κ1) is 17.1. The highest BCUT2D eigenvalue weighted by Gasteiger charge is 2.24. The van der Waals surface area contributed by atoms with Crippen molar-refractivity contribution in [3.8, 4) is 5.75 Å². The number of Topliss-reactive ketones (excluding diaryl/α,β-unsaturated/α-hetero) is 1. The van der Waals surface area contributed by atoms with Crippen LogP contribution in [0, 0.1) is 5.82 Å². The lowest BCUT2D eigenvalue weighted by molar-refractivity contribution is -0.156. The van der Waals surface area contributed by atoms with E-state index in [1.165, 1.54) is 19.2 Å². The summed E-state index contributed by atoms with van der Waals surface area (Å²) in [5.74, 6) is -1.70. The molecule has 116 valence electrons. The van der Waals surface area contributed by atoms with Gasteiger partial charge < -0.3 is 15.2 Å². The summed E-state index contributed by atoms with van der Waals surface area (Å²) in [5, 5.41) is 0. The van der Waals surface area contributed by atoms with Crippen LogP contribution in [0.2, 0.25) is 0 Å². The highest BCUT2D eigenvalue weighted by molar-refractivity contribution is 5.99. The largest absolute Gasteiger partial charge is 0.494 e. The second-order valence-electron chi connectivity index (χ2n) is 5.62. The smallest absolute Gasteiger partial charge is 0.323 e. The first-order valence-corrected chi connectivity index (χ1v) is 6.49. The minimum atomic E-state index is -1.08. The van der Waals surface area contributed by atoms with Crippen LogP contribution in [0.25, 0.3) is 0 Å². The number of ketones is 1. The molecule has 0 saturated heterocycles. The Morgan fingerprint density at radius 2 is 1.95 bits per heavy atom. The minimum absolute atomic E-state index is 0.0444. The molecule has 0 aliphatic heterocycles. The van der Waals surface area contributed by atoms with Crippen molar-refractivity contribution < 1.29 is 23.5 Å². The number of rotatable bonds is 5. The van der Waals surface area contributed by atoms with E-state index in [1.54, 1.807) is 20.8 Å². The molecular formula is C15H20FNO4. The van der Waals surface area contributed by atoms with E-state index in [2.05, 4.69) is 0 Å². The fourth-order valence-corrected chi connectivity index (χ4v) is 1.62. The van der Waals surface area contributed by atoms with Gasteiger partial charge in [0.2, 0.25) is 0 Å². The Hall–Kier alpha value is -1.95. The molecule has 0 heterocycles. The zero-order valence-electron chi connectivity index (χ0n) is 12.6. The Morgan fingerprint density at radius 3 is 2.43 bits per heavy atom. The van der Waals surface area contributed by atoms with Crippen LogP contribution in [0.3, 0.4) is 0 Å². The lowest BCUT2D eigenvalue weighted by atomic mass is 10.0. The Bertz CT molecular complexity index is 537. The van der Waals surface area contributed by atoms with Crippen LogP contribution < -0.4 is 10.5 Å². The van der Waals surface area contributed by atoms with Crippen molar-refractivity contribution >= 4 is 11.8 Å². The number of esters is 1. The van der Waals surface area contributed by atoms with Crippen LogP contribution in [0.4, 0.5) is 4.39 Å². The van der Waals surface area contributed by atoms with Crippen molar-refractivity contribution in [2.45, 2.75) is 38.8 Å². The number of ether oxygens (including phenoxy) is 2. The minimum Gasteiger partial charge on any atom is -0.494 e. The SMILES string of the molecule is COc1ccc(C(=O)CC(N)C(=O)OC(C)(C)C)cc1F. The predicted molar refractivity (Wildman–Crippen MR) is 75.7 cm³/mol. The normalized spacial score (nSPS) is 12.7. The van der Waals surface area contributed by atoms with Crippen molar-refractivity contribution in [2.75, 3.05) is 7.11 Å². The van der Waals surface area contributed by atoms with Crippen molar-refractivity contribution in [1.29, 1.82) is 0 Å². The topological polar surface area (TPSA) is 78.6 Å². The third-order valence-electron chi connectivity index (χ3n) is 2.59. The monoisotopic (exact) mass is 297 g/mol. The summed E-state index contributed by atoms with van der Waals surface area (Å²) in [7, 11) is 1.33. The number of carbonyl (C=O) groups excluding carboxylic acids is 2. The molecule has 5 nitrogen and oxygen atoms in total. The summed E-state index contributed by atoms with van der Waals surface area (Å²) in [6.07, 6.45) is -0.249. The standard InChI is InChI=1S/C15H20FNO4/c1-15(2,3)21-14(19)11(17)8-12(18)9-5-6-13(20-4)10(16)7-9/h5-7,11H,8,17H2,1-4H3. The maximum Gasteiger partial charge on any atom is 0.323 e. The lowest BCUT2D eigenvalue weighted by Gasteiger charge is -2.21. The van der Waals surface area contributed by atoms with Gasteiger partial charge in [-0.2, -0.15) is 0 Å². The molecule has 1 aromatic carbocycles. The Morgan fingerprint density at radius 1 is 1.33 bits per heavy atom. The zero-order valence-corrected chi connectivity index (χ0v) is 12.6.